The second-order valence-electron chi connectivity index (χ2n) is 5.88. The Morgan fingerprint density at radius 3 is 2.84 bits per heavy atom. The summed E-state index contributed by atoms with van der Waals surface area (Å²) in [6.07, 6.45) is 1.89. The van der Waals surface area contributed by atoms with Gasteiger partial charge in [0.1, 0.15) is 6.54 Å². The fraction of sp³-hybridized carbons (Fsp3) is 0.562. The number of fused-ring (bicyclic) bond motifs is 1. The van der Waals surface area contributed by atoms with Gasteiger partial charge in [0.2, 0.25) is 22.7 Å². The first-order valence-electron chi connectivity index (χ1n) is 8.28. The second kappa shape index (κ2) is 7.49. The van der Waals surface area contributed by atoms with Crippen LogP contribution in [0.2, 0.25) is 0 Å². The predicted molar refractivity (Wildman–Crippen MR) is 91.4 cm³/mol. The quantitative estimate of drug-likeness (QED) is 0.765. The second-order valence-corrected chi connectivity index (χ2v) is 8.07. The summed E-state index contributed by atoms with van der Waals surface area (Å²) in [5.41, 5.74) is 0.373. The number of hydrogen-bond acceptors (Lipinski definition) is 6. The fourth-order valence-electron chi connectivity index (χ4n) is 2.77. The molecule has 0 radical (unpaired) electrons. The molecule has 138 valence electrons. The lowest BCUT2D eigenvalue weighted by atomic mass is 10.2. The number of benzene rings is 1. The van der Waals surface area contributed by atoms with Gasteiger partial charge in [0, 0.05) is 19.2 Å². The van der Waals surface area contributed by atoms with E-state index in [0.29, 0.717) is 30.3 Å². The normalized spacial score (nSPS) is 19.0. The smallest absolute Gasteiger partial charge is 0.240 e. The van der Waals surface area contributed by atoms with Gasteiger partial charge in [-0.2, -0.15) is 0 Å². The SMILES string of the molecule is CCS(=O)(=O)N(CC(=O)NC[C@@H]1CCCO1)c1ccc2c(c1)OCO2. The molecule has 0 aromatic heterocycles. The molecule has 1 N–H and O–H groups in total. The van der Waals surface area contributed by atoms with Crippen LogP contribution in [0.1, 0.15) is 19.8 Å². The summed E-state index contributed by atoms with van der Waals surface area (Å²) in [5, 5.41) is 2.75. The van der Waals surface area contributed by atoms with Crippen LogP contribution < -0.4 is 19.1 Å². The highest BCUT2D eigenvalue weighted by Gasteiger charge is 2.26. The molecule has 0 bridgehead atoms. The van der Waals surface area contributed by atoms with Gasteiger partial charge in [-0.1, -0.05) is 0 Å². The monoisotopic (exact) mass is 370 g/mol. The van der Waals surface area contributed by atoms with Crippen molar-refractivity contribution in [3.05, 3.63) is 18.2 Å². The zero-order chi connectivity index (χ0) is 17.9. The Balaban J connectivity index is 1.72. The molecule has 2 aliphatic heterocycles. The highest BCUT2D eigenvalue weighted by molar-refractivity contribution is 7.92. The molecular weight excluding hydrogens is 348 g/mol. The Hall–Kier alpha value is -2.00. The van der Waals surface area contributed by atoms with Gasteiger partial charge in [0.15, 0.2) is 11.5 Å². The number of hydrogen-bond donors (Lipinski definition) is 1. The van der Waals surface area contributed by atoms with Crippen molar-refractivity contribution in [2.24, 2.45) is 0 Å². The minimum absolute atomic E-state index is 0.00530. The summed E-state index contributed by atoms with van der Waals surface area (Å²) in [5.74, 6) is 0.541. The van der Waals surface area contributed by atoms with E-state index in [-0.39, 0.29) is 31.1 Å². The Morgan fingerprint density at radius 2 is 2.12 bits per heavy atom. The number of sulfonamides is 1. The third-order valence-electron chi connectivity index (χ3n) is 4.18. The first-order valence-corrected chi connectivity index (χ1v) is 9.89. The summed E-state index contributed by atoms with van der Waals surface area (Å²) in [6.45, 7) is 2.44. The van der Waals surface area contributed by atoms with E-state index in [1.54, 1.807) is 25.1 Å². The zero-order valence-electron chi connectivity index (χ0n) is 14.1. The predicted octanol–water partition coefficient (Wildman–Crippen LogP) is 0.867. The summed E-state index contributed by atoms with van der Waals surface area (Å²) in [4.78, 5) is 12.3. The lowest BCUT2D eigenvalue weighted by Crippen LogP contribution is -2.43. The largest absolute Gasteiger partial charge is 0.454 e. The molecule has 0 spiro atoms. The van der Waals surface area contributed by atoms with Crippen LogP contribution in [0.5, 0.6) is 11.5 Å². The van der Waals surface area contributed by atoms with Gasteiger partial charge in [-0.3, -0.25) is 9.10 Å². The van der Waals surface area contributed by atoms with E-state index in [0.717, 1.165) is 17.1 Å². The molecule has 1 saturated heterocycles. The first kappa shape index (κ1) is 17.8. The molecule has 9 heteroatoms. The number of carbonyl (C=O) groups excluding carboxylic acids is 1. The molecular formula is C16H22N2O6S. The maximum Gasteiger partial charge on any atom is 0.240 e. The van der Waals surface area contributed by atoms with Gasteiger partial charge >= 0.3 is 0 Å². The number of carbonyl (C=O) groups is 1. The van der Waals surface area contributed by atoms with Crippen molar-refractivity contribution in [2.45, 2.75) is 25.9 Å². The van der Waals surface area contributed by atoms with Gasteiger partial charge in [-0.05, 0) is 31.9 Å². The van der Waals surface area contributed by atoms with Crippen molar-refractivity contribution >= 4 is 21.6 Å². The molecule has 1 fully saturated rings. The van der Waals surface area contributed by atoms with E-state index in [1.807, 2.05) is 0 Å². The summed E-state index contributed by atoms with van der Waals surface area (Å²) in [7, 11) is -3.62. The van der Waals surface area contributed by atoms with Crippen LogP contribution in [0.25, 0.3) is 0 Å². The van der Waals surface area contributed by atoms with Crippen LogP contribution in [0.3, 0.4) is 0 Å². The first-order chi connectivity index (χ1) is 12.0. The lowest BCUT2D eigenvalue weighted by Gasteiger charge is -2.24. The number of anilines is 1. The van der Waals surface area contributed by atoms with Crippen molar-refractivity contribution < 1.29 is 27.4 Å². The minimum atomic E-state index is -3.62. The lowest BCUT2D eigenvalue weighted by molar-refractivity contribution is -0.120. The number of rotatable bonds is 7. The molecule has 2 heterocycles. The average Bonchev–Trinajstić information content (AvgIpc) is 3.28. The number of ether oxygens (including phenoxy) is 3. The van der Waals surface area contributed by atoms with Gasteiger partial charge in [0.05, 0.1) is 17.5 Å². The van der Waals surface area contributed by atoms with Gasteiger partial charge < -0.3 is 19.5 Å². The van der Waals surface area contributed by atoms with Crippen molar-refractivity contribution in [2.75, 3.05) is 36.5 Å². The summed E-state index contributed by atoms with van der Waals surface area (Å²) >= 11 is 0. The Bertz CT molecular complexity index is 730. The van der Waals surface area contributed by atoms with Crippen LogP contribution >= 0.6 is 0 Å². The van der Waals surface area contributed by atoms with E-state index >= 15 is 0 Å². The van der Waals surface area contributed by atoms with Crippen molar-refractivity contribution in [1.82, 2.24) is 5.32 Å². The molecule has 1 atom stereocenters. The number of amides is 1. The molecule has 0 saturated carbocycles. The maximum absolute atomic E-state index is 12.4. The fourth-order valence-corrected chi connectivity index (χ4v) is 3.83. The summed E-state index contributed by atoms with van der Waals surface area (Å²) in [6, 6.07) is 4.82. The van der Waals surface area contributed by atoms with Crippen LogP contribution in [0, 0.1) is 0 Å². The number of nitrogens with zero attached hydrogens (tertiary/aromatic N) is 1. The Kier molecular flexibility index (Phi) is 5.33. The minimum Gasteiger partial charge on any atom is -0.454 e. The molecule has 25 heavy (non-hydrogen) atoms. The van der Waals surface area contributed by atoms with E-state index in [9.17, 15) is 13.2 Å². The van der Waals surface area contributed by atoms with Crippen LogP contribution in [-0.4, -0.2) is 52.7 Å². The molecule has 1 aromatic carbocycles. The van der Waals surface area contributed by atoms with Crippen LogP contribution in [0.4, 0.5) is 5.69 Å². The van der Waals surface area contributed by atoms with Crippen molar-refractivity contribution in [3.8, 4) is 11.5 Å². The zero-order valence-corrected chi connectivity index (χ0v) is 14.9. The third-order valence-corrected chi connectivity index (χ3v) is 5.92. The molecule has 0 aliphatic carbocycles. The molecule has 2 aliphatic rings. The van der Waals surface area contributed by atoms with Gasteiger partial charge in [0.25, 0.3) is 0 Å². The molecule has 3 rings (SSSR count). The molecule has 0 unspecified atom stereocenters. The molecule has 1 amide bonds. The van der Waals surface area contributed by atoms with Gasteiger partial charge in [-0.25, -0.2) is 8.42 Å². The summed E-state index contributed by atoms with van der Waals surface area (Å²) < 4.78 is 42.0. The van der Waals surface area contributed by atoms with Crippen LogP contribution in [0.15, 0.2) is 18.2 Å². The Morgan fingerprint density at radius 1 is 1.32 bits per heavy atom. The standard InChI is InChI=1S/C16H22N2O6S/c1-2-25(20,21)18(10-16(19)17-9-13-4-3-7-22-13)12-5-6-14-15(8-12)24-11-23-14/h5-6,8,13H,2-4,7,9-11H2,1H3,(H,17,19)/t13-/m0/s1. The van der Waals surface area contributed by atoms with E-state index in [4.69, 9.17) is 14.2 Å². The average molecular weight is 370 g/mol. The van der Waals surface area contributed by atoms with E-state index < -0.39 is 10.0 Å². The number of nitrogens with one attached hydrogen (secondary N) is 1. The third kappa shape index (κ3) is 4.16. The highest BCUT2D eigenvalue weighted by Crippen LogP contribution is 2.36. The van der Waals surface area contributed by atoms with E-state index in [1.165, 1.54) is 0 Å². The molecule has 8 nitrogen and oxygen atoms in total. The Labute approximate surface area is 147 Å². The maximum atomic E-state index is 12.4. The topological polar surface area (TPSA) is 94.2 Å². The molecule has 1 aromatic rings. The van der Waals surface area contributed by atoms with Crippen molar-refractivity contribution in [3.63, 3.8) is 0 Å². The highest BCUT2D eigenvalue weighted by atomic mass is 32.2. The van der Waals surface area contributed by atoms with E-state index in [2.05, 4.69) is 5.32 Å². The van der Waals surface area contributed by atoms with Gasteiger partial charge in [-0.15, -0.1) is 0 Å². The van der Waals surface area contributed by atoms with Crippen LogP contribution in [-0.2, 0) is 19.6 Å². The van der Waals surface area contributed by atoms with Crippen molar-refractivity contribution in [1.29, 1.82) is 0 Å².